The number of aromatic nitrogens is 3. The Morgan fingerprint density at radius 1 is 1.57 bits per heavy atom. The van der Waals surface area contributed by atoms with Crippen LogP contribution < -0.4 is 5.48 Å². The van der Waals surface area contributed by atoms with Gasteiger partial charge >= 0.3 is 0 Å². The van der Waals surface area contributed by atoms with Crippen molar-refractivity contribution in [3.05, 3.63) is 18.1 Å². The molecule has 4 atom stereocenters. The number of aliphatic hydroxyl groups excluding tert-OH is 2. The zero-order chi connectivity index (χ0) is 16.8. The molecule has 0 radical (unpaired) electrons. The number of alkyl halides is 1. The van der Waals surface area contributed by atoms with Crippen molar-refractivity contribution in [3.63, 3.8) is 0 Å². The molecule has 0 aliphatic carbocycles. The summed E-state index contributed by atoms with van der Waals surface area (Å²) in [4.78, 5) is 18.0. The summed E-state index contributed by atoms with van der Waals surface area (Å²) in [5.74, 6) is 0.0596. The van der Waals surface area contributed by atoms with Crippen LogP contribution in [-0.4, -0.2) is 59.9 Å². The van der Waals surface area contributed by atoms with Crippen molar-refractivity contribution in [2.24, 2.45) is 0 Å². The van der Waals surface area contributed by atoms with Crippen molar-refractivity contribution in [1.82, 2.24) is 14.5 Å². The Morgan fingerprint density at radius 3 is 2.87 bits per heavy atom. The Hall–Kier alpha value is -1.78. The number of anilines is 1. The van der Waals surface area contributed by atoms with E-state index in [1.54, 1.807) is 6.92 Å². The summed E-state index contributed by atoms with van der Waals surface area (Å²) < 4.78 is 7.12. The molecule has 2 aromatic rings. The van der Waals surface area contributed by atoms with E-state index in [0.717, 1.165) is 0 Å². The van der Waals surface area contributed by atoms with Crippen molar-refractivity contribution in [2.75, 3.05) is 12.1 Å². The number of fused-ring (bicyclic) bond motifs is 1. The molecule has 0 unspecified atom stereocenters. The van der Waals surface area contributed by atoms with Gasteiger partial charge in [0, 0.05) is 11.8 Å². The highest BCUT2D eigenvalue weighted by Crippen LogP contribution is 2.44. The zero-order valence-corrected chi connectivity index (χ0v) is 12.8. The average Bonchev–Trinajstić information content (AvgIpc) is 3.03. The zero-order valence-electron chi connectivity index (χ0n) is 12.0. The largest absolute Gasteiger partial charge is 0.394 e. The van der Waals surface area contributed by atoms with Gasteiger partial charge in [0.2, 0.25) is 0 Å². The lowest BCUT2D eigenvalue weighted by Gasteiger charge is -2.26. The van der Waals surface area contributed by atoms with Crippen LogP contribution in [0, 0.1) is 0 Å². The van der Waals surface area contributed by atoms with Crippen LogP contribution >= 0.6 is 11.6 Å². The fourth-order valence-electron chi connectivity index (χ4n) is 2.83. The number of hydrogen-bond acceptors (Lipinski definition) is 8. The Bertz CT molecular complexity index is 749. The third-order valence-corrected chi connectivity index (χ3v) is 4.43. The molecular formula is C13H15ClN4O5. The molecule has 9 nitrogen and oxygen atoms in total. The first-order valence-electron chi connectivity index (χ1n) is 6.79. The topological polar surface area (TPSA) is 130 Å². The van der Waals surface area contributed by atoms with E-state index in [1.807, 2.05) is 5.48 Å². The quantitative estimate of drug-likeness (QED) is 0.354. The average molecular weight is 343 g/mol. The molecule has 10 heteroatoms. The molecule has 0 saturated carbocycles. The monoisotopic (exact) mass is 342 g/mol. The van der Waals surface area contributed by atoms with Crippen LogP contribution in [0.3, 0.4) is 0 Å². The third kappa shape index (κ3) is 2.28. The predicted molar refractivity (Wildman–Crippen MR) is 79.6 cm³/mol. The molecular weight excluding hydrogens is 328 g/mol. The summed E-state index contributed by atoms with van der Waals surface area (Å²) in [5, 5.41) is 29.0. The number of carbonyl (C=O) groups excluding carboxylic acids is 1. The highest BCUT2D eigenvalue weighted by molar-refractivity contribution is 6.24. The molecule has 0 aromatic carbocycles. The minimum Gasteiger partial charge on any atom is -0.394 e. The van der Waals surface area contributed by atoms with Gasteiger partial charge in [-0.05, 0) is 6.92 Å². The lowest BCUT2D eigenvalue weighted by atomic mass is 10.0. The van der Waals surface area contributed by atoms with Crippen LogP contribution in [-0.2, 0) is 4.74 Å². The van der Waals surface area contributed by atoms with Gasteiger partial charge in [-0.25, -0.2) is 9.97 Å². The molecule has 1 aliphatic rings. The number of nitrogens with one attached hydrogen (secondary N) is 1. The number of rotatable bonds is 4. The van der Waals surface area contributed by atoms with Crippen LogP contribution in [0.1, 0.15) is 23.5 Å². The van der Waals surface area contributed by atoms with Crippen LogP contribution in [0.15, 0.2) is 12.5 Å². The normalized spacial score (nSPS) is 30.7. The van der Waals surface area contributed by atoms with Crippen molar-refractivity contribution in [1.29, 1.82) is 0 Å². The molecule has 1 aliphatic heterocycles. The van der Waals surface area contributed by atoms with Gasteiger partial charge in [0.15, 0.2) is 18.3 Å². The van der Waals surface area contributed by atoms with Crippen molar-refractivity contribution >= 4 is 34.7 Å². The molecule has 3 rings (SSSR count). The Balaban J connectivity index is 2.19. The van der Waals surface area contributed by atoms with Crippen LogP contribution in [0.25, 0.3) is 11.0 Å². The number of aliphatic hydroxyl groups is 2. The molecule has 0 amide bonds. The first-order valence-corrected chi connectivity index (χ1v) is 7.17. The standard InChI is InChI=1S/C13H15ClN4O5/c1-13(14)9(21)7(4-20)23-12(13)18-2-6(3-19)8-10(17-22)15-5-16-11(8)18/h2-3,5,7,9,12,20-22H,4H2,1H3,(H,15,16,17)/t7-,9-,12-,13-/m1/s1. The van der Waals surface area contributed by atoms with Crippen molar-refractivity contribution in [2.45, 2.75) is 30.2 Å². The van der Waals surface area contributed by atoms with Gasteiger partial charge in [0.1, 0.15) is 29.1 Å². The van der Waals surface area contributed by atoms with Crippen molar-refractivity contribution < 1.29 is 25.0 Å². The van der Waals surface area contributed by atoms with Crippen LogP contribution in [0.2, 0.25) is 0 Å². The molecule has 1 fully saturated rings. The van der Waals surface area contributed by atoms with E-state index in [9.17, 15) is 15.0 Å². The second kappa shape index (κ2) is 5.69. The number of hydrogen-bond donors (Lipinski definition) is 4. The number of carbonyl (C=O) groups is 1. The third-order valence-electron chi connectivity index (χ3n) is 4.02. The summed E-state index contributed by atoms with van der Waals surface area (Å²) in [7, 11) is 0. The van der Waals surface area contributed by atoms with E-state index in [4.69, 9.17) is 21.5 Å². The molecule has 0 spiro atoms. The first kappa shape index (κ1) is 16.1. The number of ether oxygens (including phenoxy) is 1. The van der Waals surface area contributed by atoms with E-state index in [0.29, 0.717) is 17.3 Å². The smallest absolute Gasteiger partial charge is 0.163 e. The maximum Gasteiger partial charge on any atom is 0.163 e. The highest BCUT2D eigenvalue weighted by Gasteiger charge is 2.53. The Labute approximate surface area is 135 Å². The molecule has 3 heterocycles. The molecule has 0 bridgehead atoms. The summed E-state index contributed by atoms with van der Waals surface area (Å²) in [6.07, 6.45) is 0.375. The molecule has 124 valence electrons. The van der Waals surface area contributed by atoms with E-state index in [-0.39, 0.29) is 11.4 Å². The Kier molecular flexibility index (Phi) is 3.98. The van der Waals surface area contributed by atoms with E-state index >= 15 is 0 Å². The second-order valence-electron chi connectivity index (χ2n) is 5.45. The fraction of sp³-hybridized carbons (Fsp3) is 0.462. The van der Waals surface area contributed by atoms with Crippen LogP contribution in [0.4, 0.5) is 5.82 Å². The summed E-state index contributed by atoms with van der Waals surface area (Å²) in [5.41, 5.74) is 2.42. The van der Waals surface area contributed by atoms with Gasteiger partial charge in [-0.15, -0.1) is 11.6 Å². The minimum absolute atomic E-state index is 0.0596. The fourth-order valence-corrected chi connectivity index (χ4v) is 3.13. The summed E-state index contributed by atoms with van der Waals surface area (Å²) >= 11 is 6.41. The van der Waals surface area contributed by atoms with Gasteiger partial charge < -0.3 is 19.5 Å². The van der Waals surface area contributed by atoms with E-state index in [1.165, 1.54) is 17.1 Å². The summed E-state index contributed by atoms with van der Waals surface area (Å²) in [6, 6.07) is 0. The number of nitrogens with zero attached hydrogens (tertiary/aromatic N) is 3. The maximum absolute atomic E-state index is 11.3. The lowest BCUT2D eigenvalue weighted by Crippen LogP contribution is -2.39. The molecule has 2 aromatic heterocycles. The second-order valence-corrected chi connectivity index (χ2v) is 6.26. The number of aldehydes is 1. The van der Waals surface area contributed by atoms with Crippen LogP contribution in [0.5, 0.6) is 0 Å². The molecule has 23 heavy (non-hydrogen) atoms. The molecule has 1 saturated heterocycles. The first-order chi connectivity index (χ1) is 11.0. The Morgan fingerprint density at radius 2 is 2.30 bits per heavy atom. The van der Waals surface area contributed by atoms with Gasteiger partial charge in [-0.1, -0.05) is 0 Å². The number of halogens is 1. The highest BCUT2D eigenvalue weighted by atomic mass is 35.5. The van der Waals surface area contributed by atoms with E-state index in [2.05, 4.69) is 9.97 Å². The maximum atomic E-state index is 11.3. The lowest BCUT2D eigenvalue weighted by molar-refractivity contribution is -0.0439. The summed E-state index contributed by atoms with van der Waals surface area (Å²) in [6.45, 7) is 1.16. The predicted octanol–water partition coefficient (Wildman–Crippen LogP) is 0.293. The van der Waals surface area contributed by atoms with E-state index < -0.39 is 29.9 Å². The van der Waals surface area contributed by atoms with Gasteiger partial charge in [0.05, 0.1) is 12.0 Å². The van der Waals surface area contributed by atoms with Gasteiger partial charge in [-0.2, -0.15) is 0 Å². The molecule has 4 N–H and O–H groups in total. The minimum atomic E-state index is -1.25. The van der Waals surface area contributed by atoms with Gasteiger partial charge in [0.25, 0.3) is 0 Å². The van der Waals surface area contributed by atoms with Crippen molar-refractivity contribution in [3.8, 4) is 0 Å². The SMILES string of the molecule is C[C@@]1(Cl)[C@H](O)[C@@H](CO)O[C@H]1n1cc(C=O)c2c(NO)ncnc21. The van der Waals surface area contributed by atoms with Gasteiger partial charge in [-0.3, -0.25) is 15.5 Å².